The molecule has 5 nitrogen and oxygen atoms in total. The highest BCUT2D eigenvalue weighted by molar-refractivity contribution is 7.09. The molecule has 1 heterocycles. The number of carbonyl (C=O) groups is 2. The Morgan fingerprint density at radius 3 is 2.74 bits per heavy atom. The molecule has 0 saturated heterocycles. The van der Waals surface area contributed by atoms with E-state index in [4.69, 9.17) is 5.11 Å². The molecule has 2 N–H and O–H groups in total. The molecular formula is C13H18N2O3S. The zero-order chi connectivity index (χ0) is 13.9. The second-order valence-electron chi connectivity index (χ2n) is 4.98. The van der Waals surface area contributed by atoms with Gasteiger partial charge in [0.05, 0.1) is 5.01 Å². The Labute approximate surface area is 116 Å². The van der Waals surface area contributed by atoms with Crippen LogP contribution in [0.3, 0.4) is 0 Å². The van der Waals surface area contributed by atoms with E-state index in [1.54, 1.807) is 11.3 Å². The smallest absolute Gasteiger partial charge is 0.319 e. The molecular weight excluding hydrogens is 264 g/mol. The van der Waals surface area contributed by atoms with Crippen molar-refractivity contribution in [3.05, 3.63) is 16.1 Å². The summed E-state index contributed by atoms with van der Waals surface area (Å²) in [6.45, 7) is 2.51. The Morgan fingerprint density at radius 2 is 2.21 bits per heavy atom. The van der Waals surface area contributed by atoms with Gasteiger partial charge in [0.15, 0.2) is 0 Å². The van der Waals surface area contributed by atoms with E-state index in [9.17, 15) is 9.59 Å². The maximum absolute atomic E-state index is 11.7. The first kappa shape index (κ1) is 14.0. The first-order valence-electron chi connectivity index (χ1n) is 6.47. The summed E-state index contributed by atoms with van der Waals surface area (Å²) < 4.78 is 0. The molecule has 0 bridgehead atoms. The number of hydrogen-bond acceptors (Lipinski definition) is 4. The monoisotopic (exact) mass is 282 g/mol. The second-order valence-corrected chi connectivity index (χ2v) is 5.93. The van der Waals surface area contributed by atoms with Crippen LogP contribution in [-0.2, 0) is 16.0 Å². The van der Waals surface area contributed by atoms with Crippen molar-refractivity contribution < 1.29 is 14.7 Å². The van der Waals surface area contributed by atoms with Gasteiger partial charge in [-0.3, -0.25) is 9.59 Å². The number of thiazole rings is 1. The van der Waals surface area contributed by atoms with Crippen LogP contribution in [0.15, 0.2) is 5.38 Å². The Kier molecular flexibility index (Phi) is 4.19. The Bertz CT molecular complexity index is 480. The van der Waals surface area contributed by atoms with Gasteiger partial charge in [0.1, 0.15) is 5.41 Å². The first-order chi connectivity index (χ1) is 9.04. The lowest BCUT2D eigenvalue weighted by Crippen LogP contribution is -2.37. The van der Waals surface area contributed by atoms with Crippen molar-refractivity contribution in [1.29, 1.82) is 0 Å². The van der Waals surface area contributed by atoms with E-state index in [1.165, 1.54) is 0 Å². The molecule has 1 aromatic rings. The van der Waals surface area contributed by atoms with Crippen molar-refractivity contribution in [1.82, 2.24) is 10.3 Å². The predicted molar refractivity (Wildman–Crippen MR) is 72.1 cm³/mol. The topological polar surface area (TPSA) is 79.3 Å². The minimum Gasteiger partial charge on any atom is -0.480 e. The van der Waals surface area contributed by atoms with Gasteiger partial charge in [-0.25, -0.2) is 4.98 Å². The number of carboxylic acids is 1. The van der Waals surface area contributed by atoms with Gasteiger partial charge in [0.2, 0.25) is 5.91 Å². The molecule has 1 saturated carbocycles. The van der Waals surface area contributed by atoms with Crippen LogP contribution >= 0.6 is 11.3 Å². The summed E-state index contributed by atoms with van der Waals surface area (Å²) in [5.41, 5.74) is -0.0719. The molecule has 0 unspecified atom stereocenters. The van der Waals surface area contributed by atoms with Gasteiger partial charge in [-0.1, -0.05) is 0 Å². The fraction of sp³-hybridized carbons (Fsp3) is 0.615. The van der Waals surface area contributed by atoms with Crippen LogP contribution in [0.25, 0.3) is 0 Å². The number of nitrogens with zero attached hydrogens (tertiary/aromatic N) is 1. The van der Waals surface area contributed by atoms with E-state index in [2.05, 4.69) is 10.3 Å². The van der Waals surface area contributed by atoms with Crippen molar-refractivity contribution in [2.45, 2.75) is 39.0 Å². The molecule has 1 aliphatic carbocycles. The van der Waals surface area contributed by atoms with E-state index in [1.807, 2.05) is 12.3 Å². The van der Waals surface area contributed by atoms with Crippen LogP contribution in [0.2, 0.25) is 0 Å². The van der Waals surface area contributed by atoms with Crippen LogP contribution in [0.4, 0.5) is 0 Å². The normalized spacial score (nSPS) is 16.1. The molecule has 0 atom stereocenters. The van der Waals surface area contributed by atoms with Gasteiger partial charge >= 0.3 is 5.97 Å². The molecule has 1 aliphatic rings. The Morgan fingerprint density at radius 1 is 1.47 bits per heavy atom. The lowest BCUT2D eigenvalue weighted by molar-refractivity contribution is -0.149. The highest BCUT2D eigenvalue weighted by Gasteiger charge is 2.56. The zero-order valence-electron chi connectivity index (χ0n) is 10.9. The summed E-state index contributed by atoms with van der Waals surface area (Å²) in [6.07, 6.45) is 3.64. The summed E-state index contributed by atoms with van der Waals surface area (Å²) in [4.78, 5) is 27.0. The average molecular weight is 282 g/mol. The minimum absolute atomic E-state index is 0.329. The molecule has 104 valence electrons. The second kappa shape index (κ2) is 5.69. The molecule has 1 fully saturated rings. The lowest BCUT2D eigenvalue weighted by atomic mass is 10.1. The largest absolute Gasteiger partial charge is 0.480 e. The fourth-order valence-electron chi connectivity index (χ4n) is 1.95. The van der Waals surface area contributed by atoms with Crippen LogP contribution in [0.1, 0.15) is 36.4 Å². The number of amides is 1. The highest BCUT2D eigenvalue weighted by atomic mass is 32.1. The fourth-order valence-corrected chi connectivity index (χ4v) is 2.77. The molecule has 6 heteroatoms. The van der Waals surface area contributed by atoms with Crippen molar-refractivity contribution >= 4 is 23.2 Å². The summed E-state index contributed by atoms with van der Waals surface area (Å²) in [5.74, 6) is -1.33. The van der Waals surface area contributed by atoms with Crippen LogP contribution < -0.4 is 5.32 Å². The predicted octanol–water partition coefficient (Wildman–Crippen LogP) is 1.76. The van der Waals surface area contributed by atoms with Gasteiger partial charge in [-0.15, -0.1) is 11.3 Å². The minimum atomic E-state index is -1.12. The van der Waals surface area contributed by atoms with Crippen molar-refractivity contribution in [3.63, 3.8) is 0 Å². The van der Waals surface area contributed by atoms with Gasteiger partial charge < -0.3 is 10.4 Å². The van der Waals surface area contributed by atoms with Gasteiger partial charge in [-0.05, 0) is 39.0 Å². The average Bonchev–Trinajstić information content (AvgIpc) is 3.08. The molecule has 1 aromatic heterocycles. The Hall–Kier alpha value is -1.43. The van der Waals surface area contributed by atoms with Gasteiger partial charge in [-0.2, -0.15) is 0 Å². The third-order valence-electron chi connectivity index (χ3n) is 3.36. The van der Waals surface area contributed by atoms with Crippen LogP contribution in [0, 0.1) is 12.3 Å². The molecule has 0 aliphatic heterocycles. The Balaban J connectivity index is 1.62. The molecule has 2 rings (SSSR count). The molecule has 1 amide bonds. The van der Waals surface area contributed by atoms with Gasteiger partial charge in [0, 0.05) is 17.6 Å². The molecule has 0 spiro atoms. The van der Waals surface area contributed by atoms with E-state index >= 15 is 0 Å². The summed E-state index contributed by atoms with van der Waals surface area (Å²) in [6, 6.07) is 0. The SMILES string of the molecule is Cc1csc(CCCCNC(=O)C2(C(=O)O)CC2)n1. The number of carbonyl (C=O) groups excluding carboxylic acids is 1. The maximum Gasteiger partial charge on any atom is 0.319 e. The van der Waals surface area contributed by atoms with E-state index in [-0.39, 0.29) is 5.91 Å². The standard InChI is InChI=1S/C13H18N2O3S/c1-9-8-19-10(15-9)4-2-3-7-14-11(16)13(5-6-13)12(17)18/h8H,2-7H2,1H3,(H,14,16)(H,17,18). The number of carboxylic acid groups (broad SMARTS) is 1. The van der Waals surface area contributed by atoms with Crippen molar-refractivity contribution in [2.24, 2.45) is 5.41 Å². The van der Waals surface area contributed by atoms with Gasteiger partial charge in [0.25, 0.3) is 0 Å². The number of rotatable bonds is 7. The number of unbranched alkanes of at least 4 members (excludes halogenated alkanes) is 1. The summed E-state index contributed by atoms with van der Waals surface area (Å²) in [5, 5.41) is 14.8. The summed E-state index contributed by atoms with van der Waals surface area (Å²) >= 11 is 1.66. The number of hydrogen-bond donors (Lipinski definition) is 2. The third-order valence-corrected chi connectivity index (χ3v) is 4.39. The van der Waals surface area contributed by atoms with Crippen molar-refractivity contribution in [2.75, 3.05) is 6.54 Å². The number of aryl methyl sites for hydroxylation is 2. The molecule has 19 heavy (non-hydrogen) atoms. The highest BCUT2D eigenvalue weighted by Crippen LogP contribution is 2.46. The molecule has 0 aromatic carbocycles. The van der Waals surface area contributed by atoms with Crippen LogP contribution in [-0.4, -0.2) is 28.5 Å². The zero-order valence-corrected chi connectivity index (χ0v) is 11.8. The first-order valence-corrected chi connectivity index (χ1v) is 7.35. The van der Waals surface area contributed by atoms with E-state index < -0.39 is 11.4 Å². The maximum atomic E-state index is 11.7. The van der Waals surface area contributed by atoms with Crippen molar-refractivity contribution in [3.8, 4) is 0 Å². The number of aliphatic carboxylic acids is 1. The van der Waals surface area contributed by atoms with E-state index in [0.717, 1.165) is 30.0 Å². The number of nitrogens with one attached hydrogen (secondary N) is 1. The van der Waals surface area contributed by atoms with Crippen LogP contribution in [0.5, 0.6) is 0 Å². The number of aromatic nitrogens is 1. The van der Waals surface area contributed by atoms with E-state index in [0.29, 0.717) is 19.4 Å². The lowest BCUT2D eigenvalue weighted by Gasteiger charge is -2.10. The third kappa shape index (κ3) is 3.32. The summed E-state index contributed by atoms with van der Waals surface area (Å²) in [7, 11) is 0. The molecule has 0 radical (unpaired) electrons. The quantitative estimate of drug-likeness (QED) is 0.590.